The van der Waals surface area contributed by atoms with E-state index in [2.05, 4.69) is 5.32 Å². The van der Waals surface area contributed by atoms with Gasteiger partial charge in [-0.15, -0.1) is 0 Å². The van der Waals surface area contributed by atoms with Crippen LogP contribution in [0, 0.1) is 6.92 Å². The summed E-state index contributed by atoms with van der Waals surface area (Å²) in [5.74, 6) is -1.13. The summed E-state index contributed by atoms with van der Waals surface area (Å²) >= 11 is 0. The van der Waals surface area contributed by atoms with Crippen LogP contribution in [0.1, 0.15) is 36.6 Å². The van der Waals surface area contributed by atoms with Gasteiger partial charge in [0.1, 0.15) is 0 Å². The lowest BCUT2D eigenvalue weighted by atomic mass is 10.1. The highest BCUT2D eigenvalue weighted by atomic mass is 16.2. The number of nitrogens with one attached hydrogen (secondary N) is 1. The Morgan fingerprint density at radius 1 is 0.893 bits per heavy atom. The summed E-state index contributed by atoms with van der Waals surface area (Å²) in [6.45, 7) is 1.89. The molecule has 0 aliphatic carbocycles. The molecule has 0 spiro atoms. The highest BCUT2D eigenvalue weighted by Gasteiger charge is 2.36. The third-order valence-electron chi connectivity index (χ3n) is 4.55. The van der Waals surface area contributed by atoms with Crippen LogP contribution in [0.5, 0.6) is 0 Å². The Balaban J connectivity index is 1.63. The molecule has 4 rings (SSSR count). The Bertz CT molecular complexity index is 1140. The first-order valence-electron chi connectivity index (χ1n) is 8.70. The Kier molecular flexibility index (Phi) is 4.16. The molecule has 0 aromatic heterocycles. The average molecular weight is 371 g/mol. The zero-order valence-electron chi connectivity index (χ0n) is 15.1. The topological polar surface area (TPSA) is 92.5 Å². The second kappa shape index (κ2) is 6.66. The molecular weight excluding hydrogens is 354 g/mol. The van der Waals surface area contributed by atoms with Gasteiger partial charge in [-0.3, -0.25) is 14.4 Å². The van der Waals surface area contributed by atoms with E-state index in [0.717, 1.165) is 10.5 Å². The normalized spacial score (nSPS) is 12.8. The smallest absolute Gasteiger partial charge is 0.266 e. The van der Waals surface area contributed by atoms with Crippen molar-refractivity contribution in [1.29, 1.82) is 0 Å². The van der Waals surface area contributed by atoms with Gasteiger partial charge in [-0.25, -0.2) is 4.90 Å². The van der Waals surface area contributed by atoms with Crippen LogP contribution in [0.2, 0.25) is 0 Å². The first-order chi connectivity index (χ1) is 13.4. The molecule has 3 aromatic rings. The first-order valence-corrected chi connectivity index (χ1v) is 8.70. The summed E-state index contributed by atoms with van der Waals surface area (Å²) in [5, 5.41) is 2.74. The summed E-state index contributed by atoms with van der Waals surface area (Å²) in [5.41, 5.74) is 9.08. The predicted octanol–water partition coefficient (Wildman–Crippen LogP) is 3.63. The highest BCUT2D eigenvalue weighted by Crippen LogP contribution is 2.30. The summed E-state index contributed by atoms with van der Waals surface area (Å²) < 4.78 is 0. The van der Waals surface area contributed by atoms with E-state index in [9.17, 15) is 14.4 Å². The number of carbonyl (C=O) groups excluding carboxylic acids is 3. The summed E-state index contributed by atoms with van der Waals surface area (Å²) in [6, 6.07) is 18.5. The zero-order chi connectivity index (χ0) is 19.8. The molecule has 0 saturated heterocycles. The lowest BCUT2D eigenvalue weighted by molar-refractivity contribution is 0.0924. The van der Waals surface area contributed by atoms with Crippen molar-refractivity contribution in [2.75, 3.05) is 16.0 Å². The van der Waals surface area contributed by atoms with Crippen molar-refractivity contribution in [3.63, 3.8) is 0 Å². The lowest BCUT2D eigenvalue weighted by Gasteiger charge is -2.14. The van der Waals surface area contributed by atoms with Crippen molar-refractivity contribution >= 4 is 34.8 Å². The lowest BCUT2D eigenvalue weighted by Crippen LogP contribution is -2.29. The Morgan fingerprint density at radius 3 is 2.39 bits per heavy atom. The van der Waals surface area contributed by atoms with Crippen LogP contribution in [-0.2, 0) is 0 Å². The Hall–Kier alpha value is -3.93. The number of amides is 3. The van der Waals surface area contributed by atoms with Crippen LogP contribution in [0.3, 0.4) is 0 Å². The van der Waals surface area contributed by atoms with Gasteiger partial charge in [0.05, 0.1) is 16.8 Å². The monoisotopic (exact) mass is 371 g/mol. The second-order valence-corrected chi connectivity index (χ2v) is 6.62. The number of rotatable bonds is 3. The number of aryl methyl sites for hydroxylation is 1. The Morgan fingerprint density at radius 2 is 1.64 bits per heavy atom. The molecule has 28 heavy (non-hydrogen) atoms. The second-order valence-electron chi connectivity index (χ2n) is 6.62. The maximum Gasteiger partial charge on any atom is 0.266 e. The summed E-state index contributed by atoms with van der Waals surface area (Å²) in [7, 11) is 0. The maximum atomic E-state index is 12.8. The van der Waals surface area contributed by atoms with Gasteiger partial charge in [0.15, 0.2) is 0 Å². The number of nitrogens with two attached hydrogens (primary N) is 1. The molecule has 0 unspecified atom stereocenters. The zero-order valence-corrected chi connectivity index (χ0v) is 15.1. The van der Waals surface area contributed by atoms with E-state index in [0.29, 0.717) is 28.2 Å². The van der Waals surface area contributed by atoms with Crippen LogP contribution < -0.4 is 16.0 Å². The fraction of sp³-hybridized carbons (Fsp3) is 0.0455. The molecule has 138 valence electrons. The number of fused-ring (bicyclic) bond motifs is 1. The molecular formula is C22H17N3O3. The molecule has 1 aliphatic rings. The van der Waals surface area contributed by atoms with Crippen molar-refractivity contribution in [3.8, 4) is 0 Å². The Labute approximate surface area is 161 Å². The third kappa shape index (κ3) is 3.01. The highest BCUT2D eigenvalue weighted by molar-refractivity contribution is 6.34. The molecule has 1 heterocycles. The van der Waals surface area contributed by atoms with Crippen molar-refractivity contribution in [1.82, 2.24) is 0 Å². The van der Waals surface area contributed by atoms with Crippen molar-refractivity contribution < 1.29 is 14.4 Å². The van der Waals surface area contributed by atoms with Crippen LogP contribution in [0.4, 0.5) is 17.1 Å². The van der Waals surface area contributed by atoms with E-state index in [-0.39, 0.29) is 17.4 Å². The number of anilines is 3. The fourth-order valence-corrected chi connectivity index (χ4v) is 3.20. The van der Waals surface area contributed by atoms with Crippen LogP contribution in [0.15, 0.2) is 66.7 Å². The number of hydrogen-bond acceptors (Lipinski definition) is 4. The van der Waals surface area contributed by atoms with E-state index in [1.54, 1.807) is 54.6 Å². The number of carbonyl (C=O) groups is 3. The van der Waals surface area contributed by atoms with Gasteiger partial charge in [-0.1, -0.05) is 18.2 Å². The summed E-state index contributed by atoms with van der Waals surface area (Å²) in [6.07, 6.45) is 0. The quantitative estimate of drug-likeness (QED) is 0.543. The first kappa shape index (κ1) is 17.5. The predicted molar refractivity (Wildman–Crippen MR) is 108 cm³/mol. The molecule has 0 fully saturated rings. The number of imide groups is 1. The van der Waals surface area contributed by atoms with Gasteiger partial charge >= 0.3 is 0 Å². The number of nitrogen functional groups attached to an aromatic ring is 1. The van der Waals surface area contributed by atoms with Gasteiger partial charge in [0.25, 0.3) is 17.7 Å². The van der Waals surface area contributed by atoms with E-state index in [1.165, 1.54) is 6.07 Å². The standard InChI is InChI=1S/C22H17N3O3/c1-13-4-2-7-17(10-13)25-21(27)18-9-8-16(12-19(18)22(25)28)24-20(26)14-5-3-6-15(23)11-14/h2-12H,23H2,1H3,(H,24,26). The van der Waals surface area contributed by atoms with E-state index in [1.807, 2.05) is 13.0 Å². The molecule has 3 N–H and O–H groups in total. The number of benzene rings is 3. The average Bonchev–Trinajstić information content (AvgIpc) is 2.92. The molecule has 3 aromatic carbocycles. The molecule has 3 amide bonds. The molecule has 6 heteroatoms. The minimum atomic E-state index is -0.411. The van der Waals surface area contributed by atoms with Crippen LogP contribution in [-0.4, -0.2) is 17.7 Å². The van der Waals surface area contributed by atoms with E-state index >= 15 is 0 Å². The fourth-order valence-electron chi connectivity index (χ4n) is 3.20. The largest absolute Gasteiger partial charge is 0.399 e. The minimum absolute atomic E-state index is 0.261. The summed E-state index contributed by atoms with van der Waals surface area (Å²) in [4.78, 5) is 39.1. The van der Waals surface area contributed by atoms with Gasteiger partial charge in [-0.2, -0.15) is 0 Å². The molecule has 0 atom stereocenters. The molecule has 0 bridgehead atoms. The molecule has 0 saturated carbocycles. The third-order valence-corrected chi connectivity index (χ3v) is 4.55. The van der Waals surface area contributed by atoms with Gasteiger partial charge in [0.2, 0.25) is 0 Å². The van der Waals surface area contributed by atoms with Gasteiger partial charge in [-0.05, 0) is 61.0 Å². The van der Waals surface area contributed by atoms with E-state index < -0.39 is 5.91 Å². The number of hydrogen-bond donors (Lipinski definition) is 2. The molecule has 6 nitrogen and oxygen atoms in total. The molecule has 0 radical (unpaired) electrons. The van der Waals surface area contributed by atoms with Crippen molar-refractivity contribution in [3.05, 3.63) is 89.0 Å². The van der Waals surface area contributed by atoms with Gasteiger partial charge in [0, 0.05) is 16.9 Å². The van der Waals surface area contributed by atoms with Crippen LogP contribution >= 0.6 is 0 Å². The number of nitrogens with zero attached hydrogens (tertiary/aromatic N) is 1. The van der Waals surface area contributed by atoms with Crippen molar-refractivity contribution in [2.45, 2.75) is 6.92 Å². The van der Waals surface area contributed by atoms with E-state index in [4.69, 9.17) is 5.73 Å². The molecule has 1 aliphatic heterocycles. The van der Waals surface area contributed by atoms with Crippen molar-refractivity contribution in [2.24, 2.45) is 0 Å². The minimum Gasteiger partial charge on any atom is -0.399 e. The maximum absolute atomic E-state index is 12.8. The SMILES string of the molecule is Cc1cccc(N2C(=O)c3ccc(NC(=O)c4cccc(N)c4)cc3C2=O)c1. The van der Waals surface area contributed by atoms with Gasteiger partial charge < -0.3 is 11.1 Å². The van der Waals surface area contributed by atoms with Crippen LogP contribution in [0.25, 0.3) is 0 Å².